The third kappa shape index (κ3) is 4.85. The van der Waals surface area contributed by atoms with Crippen LogP contribution in [0.4, 0.5) is 5.82 Å². The van der Waals surface area contributed by atoms with Gasteiger partial charge in [-0.1, -0.05) is 0 Å². The van der Waals surface area contributed by atoms with E-state index in [1.165, 1.54) is 10.4 Å². The van der Waals surface area contributed by atoms with Crippen LogP contribution in [-0.2, 0) is 6.42 Å². The van der Waals surface area contributed by atoms with Gasteiger partial charge in [0.2, 0.25) is 0 Å². The number of halogens is 1. The molecule has 2 heterocycles. The lowest BCUT2D eigenvalue weighted by molar-refractivity contribution is 0.884. The molecule has 2 aromatic rings. The van der Waals surface area contributed by atoms with Gasteiger partial charge < -0.3 is 10.6 Å². The van der Waals surface area contributed by atoms with Crippen molar-refractivity contribution in [2.24, 2.45) is 0 Å². The summed E-state index contributed by atoms with van der Waals surface area (Å²) in [5.74, 6) is 0.791. The van der Waals surface area contributed by atoms with Crippen molar-refractivity contribution in [3.63, 3.8) is 0 Å². The smallest absolute Gasteiger partial charge is 0.171 e. The molecule has 0 fully saturated rings. The average molecular weight is 370 g/mol. The summed E-state index contributed by atoms with van der Waals surface area (Å²) in [5, 5.41) is 6.93. The molecule has 0 aliphatic heterocycles. The first-order chi connectivity index (χ1) is 9.52. The van der Waals surface area contributed by atoms with Crippen LogP contribution in [0, 0.1) is 13.8 Å². The fraction of sp³-hybridized carbons (Fsp3) is 0.286. The van der Waals surface area contributed by atoms with Gasteiger partial charge >= 0.3 is 0 Å². The Morgan fingerprint density at radius 1 is 1.35 bits per heavy atom. The van der Waals surface area contributed by atoms with E-state index in [4.69, 9.17) is 12.2 Å². The van der Waals surface area contributed by atoms with Crippen LogP contribution in [0.25, 0.3) is 0 Å². The van der Waals surface area contributed by atoms with Crippen LogP contribution in [0.1, 0.15) is 16.1 Å². The first kappa shape index (κ1) is 15.4. The number of thiophene rings is 1. The van der Waals surface area contributed by atoms with Crippen molar-refractivity contribution < 1.29 is 0 Å². The van der Waals surface area contributed by atoms with Gasteiger partial charge in [0.1, 0.15) is 5.82 Å². The molecule has 0 saturated heterocycles. The summed E-state index contributed by atoms with van der Waals surface area (Å²) >= 11 is 10.5. The Morgan fingerprint density at radius 2 is 2.15 bits per heavy atom. The number of hydrogen-bond donors (Lipinski definition) is 2. The number of nitrogens with one attached hydrogen (secondary N) is 2. The summed E-state index contributed by atoms with van der Waals surface area (Å²) < 4.78 is 1.16. The standard InChI is InChI=1S/C14H16BrN3S2/c1-9-7-10(2)17-13(8-9)18-14(19)16-6-5-11-3-4-12(15)20-11/h3-4,7-8H,5-6H2,1-2H3,(H2,16,17,18,19). The second kappa shape index (κ2) is 7.15. The Bertz CT molecular complexity index is 590. The molecule has 6 heteroatoms. The summed E-state index contributed by atoms with van der Waals surface area (Å²) in [5.41, 5.74) is 2.16. The maximum absolute atomic E-state index is 5.28. The van der Waals surface area contributed by atoms with Gasteiger partial charge in [0.15, 0.2) is 5.11 Å². The minimum atomic E-state index is 0.609. The molecule has 0 aliphatic rings. The maximum atomic E-state index is 5.28. The van der Waals surface area contributed by atoms with Gasteiger partial charge in [-0.05, 0) is 78.2 Å². The molecule has 20 heavy (non-hydrogen) atoms. The number of aromatic nitrogens is 1. The van der Waals surface area contributed by atoms with Gasteiger partial charge in [0, 0.05) is 17.1 Å². The van der Waals surface area contributed by atoms with Crippen molar-refractivity contribution in [1.82, 2.24) is 10.3 Å². The predicted octanol–water partition coefficient (Wildman–Crippen LogP) is 4.05. The average Bonchev–Trinajstić information content (AvgIpc) is 2.73. The largest absolute Gasteiger partial charge is 0.362 e. The van der Waals surface area contributed by atoms with E-state index in [9.17, 15) is 0 Å². The van der Waals surface area contributed by atoms with Gasteiger partial charge in [-0.3, -0.25) is 0 Å². The van der Waals surface area contributed by atoms with E-state index < -0.39 is 0 Å². The monoisotopic (exact) mass is 369 g/mol. The highest BCUT2D eigenvalue weighted by Gasteiger charge is 2.02. The molecule has 0 radical (unpaired) electrons. The van der Waals surface area contributed by atoms with Crippen LogP contribution in [0.15, 0.2) is 28.1 Å². The Morgan fingerprint density at radius 3 is 2.80 bits per heavy atom. The summed E-state index contributed by atoms with van der Waals surface area (Å²) in [4.78, 5) is 5.73. The van der Waals surface area contributed by atoms with E-state index in [1.54, 1.807) is 11.3 Å². The van der Waals surface area contributed by atoms with Crippen LogP contribution in [0.2, 0.25) is 0 Å². The molecule has 0 atom stereocenters. The zero-order valence-corrected chi connectivity index (χ0v) is 14.6. The van der Waals surface area contributed by atoms with E-state index in [-0.39, 0.29) is 0 Å². The van der Waals surface area contributed by atoms with Crippen molar-refractivity contribution in [3.05, 3.63) is 44.2 Å². The van der Waals surface area contributed by atoms with Gasteiger partial charge in [-0.25, -0.2) is 4.98 Å². The van der Waals surface area contributed by atoms with Gasteiger partial charge in [0.25, 0.3) is 0 Å². The number of pyridine rings is 1. The molecule has 2 N–H and O–H groups in total. The Kier molecular flexibility index (Phi) is 5.51. The van der Waals surface area contributed by atoms with Gasteiger partial charge in [0.05, 0.1) is 3.79 Å². The SMILES string of the molecule is Cc1cc(C)nc(NC(=S)NCCc2ccc(Br)s2)c1. The molecule has 0 aromatic carbocycles. The molecule has 2 aromatic heterocycles. The Balaban J connectivity index is 1.80. The quantitative estimate of drug-likeness (QED) is 0.797. The molecule has 106 valence electrons. The Hall–Kier alpha value is -0.980. The molecular formula is C14H16BrN3S2. The molecule has 3 nitrogen and oxygen atoms in total. The van der Waals surface area contributed by atoms with E-state index in [0.717, 1.165) is 28.3 Å². The van der Waals surface area contributed by atoms with Crippen LogP contribution >= 0.6 is 39.5 Å². The predicted molar refractivity (Wildman–Crippen MR) is 93.7 cm³/mol. The molecule has 0 aliphatic carbocycles. The van der Waals surface area contributed by atoms with E-state index in [2.05, 4.69) is 43.7 Å². The van der Waals surface area contributed by atoms with E-state index >= 15 is 0 Å². The van der Waals surface area contributed by atoms with Crippen molar-refractivity contribution in [2.45, 2.75) is 20.3 Å². The number of nitrogens with zero attached hydrogens (tertiary/aromatic N) is 1. The highest BCUT2D eigenvalue weighted by molar-refractivity contribution is 9.11. The van der Waals surface area contributed by atoms with Crippen molar-refractivity contribution in [1.29, 1.82) is 0 Å². The molecular weight excluding hydrogens is 354 g/mol. The molecule has 0 spiro atoms. The lowest BCUT2D eigenvalue weighted by Gasteiger charge is -2.10. The topological polar surface area (TPSA) is 37.0 Å². The first-order valence-corrected chi connectivity index (χ1v) is 8.29. The first-order valence-electron chi connectivity index (χ1n) is 6.27. The van der Waals surface area contributed by atoms with Crippen LogP contribution < -0.4 is 10.6 Å². The summed E-state index contributed by atoms with van der Waals surface area (Å²) in [6.45, 7) is 4.83. The second-order valence-corrected chi connectivity index (χ2v) is 7.46. The molecule has 0 saturated carbocycles. The summed E-state index contributed by atoms with van der Waals surface area (Å²) in [7, 11) is 0. The fourth-order valence-electron chi connectivity index (χ4n) is 1.85. The third-order valence-corrected chi connectivity index (χ3v) is 4.55. The number of anilines is 1. The molecule has 0 unspecified atom stereocenters. The highest BCUT2D eigenvalue weighted by Crippen LogP contribution is 2.22. The zero-order valence-electron chi connectivity index (χ0n) is 11.4. The van der Waals surface area contributed by atoms with E-state index in [0.29, 0.717) is 5.11 Å². The lowest BCUT2D eigenvalue weighted by atomic mass is 10.2. The Labute approximate surface area is 136 Å². The van der Waals surface area contributed by atoms with Crippen molar-refractivity contribution in [2.75, 3.05) is 11.9 Å². The fourth-order valence-corrected chi connectivity index (χ4v) is 3.54. The third-order valence-electron chi connectivity index (χ3n) is 2.63. The maximum Gasteiger partial charge on any atom is 0.171 e. The summed E-state index contributed by atoms with van der Waals surface area (Å²) in [6.07, 6.45) is 0.957. The van der Waals surface area contributed by atoms with Crippen LogP contribution in [-0.4, -0.2) is 16.6 Å². The highest BCUT2D eigenvalue weighted by atomic mass is 79.9. The molecule has 0 bridgehead atoms. The van der Waals surface area contributed by atoms with Crippen LogP contribution in [0.3, 0.4) is 0 Å². The lowest BCUT2D eigenvalue weighted by Crippen LogP contribution is -2.30. The molecule has 2 rings (SSSR count). The van der Waals surface area contributed by atoms with Crippen LogP contribution in [0.5, 0.6) is 0 Å². The molecule has 0 amide bonds. The minimum Gasteiger partial charge on any atom is -0.362 e. The van der Waals surface area contributed by atoms with Gasteiger partial charge in [-0.2, -0.15) is 0 Å². The minimum absolute atomic E-state index is 0.609. The number of aryl methyl sites for hydroxylation is 2. The second-order valence-electron chi connectivity index (χ2n) is 4.51. The number of thiocarbonyl (C=S) groups is 1. The number of hydrogen-bond acceptors (Lipinski definition) is 3. The summed E-state index contributed by atoms with van der Waals surface area (Å²) in [6, 6.07) is 8.21. The normalized spacial score (nSPS) is 10.3. The number of rotatable bonds is 4. The van der Waals surface area contributed by atoms with Crippen molar-refractivity contribution >= 4 is 50.4 Å². The zero-order chi connectivity index (χ0) is 14.5. The van der Waals surface area contributed by atoms with Gasteiger partial charge in [-0.15, -0.1) is 11.3 Å². The van der Waals surface area contributed by atoms with E-state index in [1.807, 2.05) is 26.0 Å². The van der Waals surface area contributed by atoms with Crippen molar-refractivity contribution in [3.8, 4) is 0 Å².